The quantitative estimate of drug-likeness (QED) is 0.516. The Bertz CT molecular complexity index is 587. The highest BCUT2D eigenvalue weighted by atomic mass is 32.2. The molecular weight excluding hydrogens is 296 g/mol. The molecule has 3 fully saturated rings. The van der Waals surface area contributed by atoms with E-state index in [2.05, 4.69) is 16.6 Å². The van der Waals surface area contributed by atoms with E-state index < -0.39 is 16.0 Å². The fraction of sp³-hybridized carbons (Fsp3) is 0.692. The van der Waals surface area contributed by atoms with Crippen molar-refractivity contribution < 1.29 is 22.7 Å². The van der Waals surface area contributed by atoms with Crippen molar-refractivity contribution in [2.45, 2.75) is 36.7 Å². The molecule has 2 N–H and O–H groups in total. The van der Waals surface area contributed by atoms with Crippen LogP contribution in [0.4, 0.5) is 0 Å². The molecule has 1 amide bonds. The number of carbonyl (C=O) groups is 2. The summed E-state index contributed by atoms with van der Waals surface area (Å²) in [5, 5.41) is 2.19. The van der Waals surface area contributed by atoms with Gasteiger partial charge in [0.1, 0.15) is 6.10 Å². The fourth-order valence-electron chi connectivity index (χ4n) is 3.78. The van der Waals surface area contributed by atoms with Crippen LogP contribution in [0.1, 0.15) is 19.3 Å². The Morgan fingerprint density at radius 2 is 2.14 bits per heavy atom. The van der Waals surface area contributed by atoms with Crippen LogP contribution in [0.5, 0.6) is 0 Å². The number of rotatable bonds is 5. The van der Waals surface area contributed by atoms with Crippen LogP contribution >= 0.6 is 0 Å². The highest BCUT2D eigenvalue weighted by molar-refractivity contribution is 7.90. The van der Waals surface area contributed by atoms with Gasteiger partial charge in [0, 0.05) is 6.54 Å². The minimum Gasteiger partial charge on any atom is -0.460 e. The summed E-state index contributed by atoms with van der Waals surface area (Å²) in [7, 11) is -3.24. The first-order chi connectivity index (χ1) is 9.92. The average Bonchev–Trinajstić information content (AvgIpc) is 3.02. The van der Waals surface area contributed by atoms with Gasteiger partial charge >= 0.3 is 5.97 Å². The zero-order valence-electron chi connectivity index (χ0n) is 11.4. The molecule has 1 heterocycles. The molecule has 0 aromatic rings. The number of hydrogen-bond donors (Lipinski definition) is 2. The molecule has 8 heteroatoms. The lowest BCUT2D eigenvalue weighted by Gasteiger charge is -2.26. The van der Waals surface area contributed by atoms with Crippen molar-refractivity contribution in [1.82, 2.24) is 10.0 Å². The lowest BCUT2D eigenvalue weighted by atomic mass is 9.93. The summed E-state index contributed by atoms with van der Waals surface area (Å²) in [4.78, 5) is 22.8. The van der Waals surface area contributed by atoms with E-state index >= 15 is 0 Å². The van der Waals surface area contributed by atoms with Crippen LogP contribution in [-0.2, 0) is 24.3 Å². The maximum Gasteiger partial charge on any atom is 0.307 e. The second-order valence-electron chi connectivity index (χ2n) is 5.82. The minimum absolute atomic E-state index is 0.0658. The number of nitrogens with one attached hydrogen (secondary N) is 2. The summed E-state index contributed by atoms with van der Waals surface area (Å²) >= 11 is 0. The van der Waals surface area contributed by atoms with Gasteiger partial charge in [0.05, 0.1) is 17.7 Å². The molecule has 5 atom stereocenters. The van der Waals surface area contributed by atoms with Crippen LogP contribution in [0, 0.1) is 11.8 Å². The van der Waals surface area contributed by atoms with Gasteiger partial charge in [-0.2, -0.15) is 0 Å². The van der Waals surface area contributed by atoms with E-state index in [0.717, 1.165) is 12.5 Å². The van der Waals surface area contributed by atoms with E-state index in [9.17, 15) is 18.0 Å². The van der Waals surface area contributed by atoms with Gasteiger partial charge < -0.3 is 10.1 Å². The van der Waals surface area contributed by atoms with Crippen molar-refractivity contribution in [3.05, 3.63) is 12.7 Å². The smallest absolute Gasteiger partial charge is 0.307 e. The molecule has 21 heavy (non-hydrogen) atoms. The number of hydrogen-bond acceptors (Lipinski definition) is 5. The molecule has 2 aliphatic carbocycles. The Balaban J connectivity index is 1.54. The van der Waals surface area contributed by atoms with Gasteiger partial charge in [0.25, 0.3) is 0 Å². The molecule has 1 aliphatic heterocycles. The third kappa shape index (κ3) is 2.46. The van der Waals surface area contributed by atoms with E-state index in [1.165, 1.54) is 0 Å². The zero-order valence-corrected chi connectivity index (χ0v) is 12.3. The molecular formula is C13H18N2O5S. The molecule has 3 rings (SSSR count). The second kappa shape index (κ2) is 5.10. The van der Waals surface area contributed by atoms with Crippen LogP contribution in [0.25, 0.3) is 0 Å². The maximum atomic E-state index is 11.9. The number of sulfonamides is 1. The van der Waals surface area contributed by atoms with Crippen molar-refractivity contribution in [3.63, 3.8) is 0 Å². The van der Waals surface area contributed by atoms with Gasteiger partial charge in [-0.15, -0.1) is 0 Å². The van der Waals surface area contributed by atoms with Crippen LogP contribution in [0.3, 0.4) is 0 Å². The van der Waals surface area contributed by atoms with Crippen LogP contribution in [-0.4, -0.2) is 44.2 Å². The fourth-order valence-corrected chi connectivity index (χ4v) is 5.89. The molecule has 0 spiro atoms. The molecule has 2 bridgehead atoms. The van der Waals surface area contributed by atoms with E-state index in [0.29, 0.717) is 6.42 Å². The summed E-state index contributed by atoms with van der Waals surface area (Å²) in [6, 6.07) is -0.273. The highest BCUT2D eigenvalue weighted by Gasteiger charge is 2.63. The van der Waals surface area contributed by atoms with Crippen molar-refractivity contribution in [2.75, 3.05) is 6.54 Å². The molecule has 1 saturated heterocycles. The van der Waals surface area contributed by atoms with Crippen molar-refractivity contribution in [2.24, 2.45) is 11.8 Å². The Kier molecular flexibility index (Phi) is 3.53. The van der Waals surface area contributed by atoms with Crippen molar-refractivity contribution in [3.8, 4) is 0 Å². The Morgan fingerprint density at radius 1 is 1.38 bits per heavy atom. The molecule has 116 valence electrons. The molecule has 0 radical (unpaired) electrons. The Labute approximate surface area is 123 Å². The summed E-state index contributed by atoms with van der Waals surface area (Å²) in [5.74, 6) is -0.562. The summed E-state index contributed by atoms with van der Waals surface area (Å²) in [6.07, 6.45) is 2.20. The van der Waals surface area contributed by atoms with Gasteiger partial charge in [0.15, 0.2) is 0 Å². The lowest BCUT2D eigenvalue weighted by Crippen LogP contribution is -2.42. The number of carbonyl (C=O) groups excluding carboxylic acids is 2. The van der Waals surface area contributed by atoms with E-state index in [-0.39, 0.29) is 48.1 Å². The number of esters is 1. The van der Waals surface area contributed by atoms with E-state index in [1.807, 2.05) is 0 Å². The molecule has 0 aromatic carbocycles. The second-order valence-corrected chi connectivity index (χ2v) is 7.75. The third-order valence-corrected chi connectivity index (χ3v) is 6.59. The topological polar surface area (TPSA) is 102 Å². The minimum atomic E-state index is -3.24. The Morgan fingerprint density at radius 3 is 2.86 bits per heavy atom. The molecule has 7 nitrogen and oxygen atoms in total. The SMILES string of the molecule is C=CC(=O)NCCC(=O)OC1C2CC3C1NS(=O)(=O)C3C2. The third-order valence-electron chi connectivity index (χ3n) is 4.65. The first-order valence-corrected chi connectivity index (χ1v) is 8.58. The Hall–Kier alpha value is -1.41. The van der Waals surface area contributed by atoms with Gasteiger partial charge in [-0.05, 0) is 30.8 Å². The summed E-state index contributed by atoms with van der Waals surface area (Å²) in [6.45, 7) is 3.50. The van der Waals surface area contributed by atoms with Gasteiger partial charge in [-0.1, -0.05) is 6.58 Å². The van der Waals surface area contributed by atoms with E-state index in [1.54, 1.807) is 0 Å². The lowest BCUT2D eigenvalue weighted by molar-refractivity contribution is -0.152. The van der Waals surface area contributed by atoms with Crippen molar-refractivity contribution in [1.29, 1.82) is 0 Å². The largest absolute Gasteiger partial charge is 0.460 e. The molecule has 0 aromatic heterocycles. The predicted molar refractivity (Wildman–Crippen MR) is 73.5 cm³/mol. The first-order valence-electron chi connectivity index (χ1n) is 7.03. The standard InChI is InChI=1S/C13H18N2O5S/c1-2-10(16)14-4-3-11(17)20-13-7-5-8-9(6-7)21(18,19)15-12(8)13/h2,7-9,12-13,15H,1,3-6H2,(H,14,16). The van der Waals surface area contributed by atoms with Crippen molar-refractivity contribution >= 4 is 21.9 Å². The average molecular weight is 314 g/mol. The monoisotopic (exact) mass is 314 g/mol. The van der Waals surface area contributed by atoms with Crippen LogP contribution in [0.15, 0.2) is 12.7 Å². The first kappa shape index (κ1) is 14.5. The number of fused-ring (bicyclic) bond motifs is 1. The predicted octanol–water partition coefficient (Wildman–Crippen LogP) is -0.699. The zero-order chi connectivity index (χ0) is 15.2. The number of ether oxygens (including phenoxy) is 1. The van der Waals surface area contributed by atoms with Gasteiger partial charge in [0.2, 0.25) is 15.9 Å². The molecule has 5 unspecified atom stereocenters. The summed E-state index contributed by atoms with van der Waals surface area (Å²) < 4.78 is 31.8. The van der Waals surface area contributed by atoms with Gasteiger partial charge in [-0.25, -0.2) is 13.1 Å². The molecule has 2 saturated carbocycles. The van der Waals surface area contributed by atoms with Crippen LogP contribution in [0.2, 0.25) is 0 Å². The summed E-state index contributed by atoms with van der Waals surface area (Å²) in [5.41, 5.74) is 0. The maximum absolute atomic E-state index is 11.9. The highest BCUT2D eigenvalue weighted by Crippen LogP contribution is 2.52. The van der Waals surface area contributed by atoms with Gasteiger partial charge in [-0.3, -0.25) is 9.59 Å². The van der Waals surface area contributed by atoms with E-state index in [4.69, 9.17) is 4.74 Å². The number of amides is 1. The normalized spacial score (nSPS) is 38.2. The van der Waals surface area contributed by atoms with Crippen LogP contribution < -0.4 is 10.0 Å². The molecule has 3 aliphatic rings.